The Labute approximate surface area is 151 Å². The highest BCUT2D eigenvalue weighted by Crippen LogP contribution is 2.43. The Bertz CT molecular complexity index is 670. The zero-order chi connectivity index (χ0) is 18.4. The highest BCUT2D eigenvalue weighted by atomic mass is 16.5. The van der Waals surface area contributed by atoms with Crippen LogP contribution < -0.4 is 19.5 Å². The SMILES string of the molecule is COc1ccc([C@H](C)N[C@@H](C)c2ccccc2)c(OC(C)C)c1OC. The predicted octanol–water partition coefficient (Wildman–Crippen LogP) is 4.90. The fourth-order valence-electron chi connectivity index (χ4n) is 2.91. The van der Waals surface area contributed by atoms with E-state index in [1.165, 1.54) is 5.56 Å². The standard InChI is InChI=1S/C21H29NO3/c1-14(2)25-20-18(12-13-19(23-5)21(20)24-6)16(4)22-15(3)17-10-8-7-9-11-17/h7-16,22H,1-6H3/t15-,16-/m0/s1. The van der Waals surface area contributed by atoms with Crippen molar-refractivity contribution < 1.29 is 14.2 Å². The Morgan fingerprint density at radius 3 is 2.00 bits per heavy atom. The van der Waals surface area contributed by atoms with Gasteiger partial charge in [-0.15, -0.1) is 0 Å². The molecule has 0 spiro atoms. The quantitative estimate of drug-likeness (QED) is 0.740. The molecule has 0 saturated heterocycles. The van der Waals surface area contributed by atoms with Crippen LogP contribution >= 0.6 is 0 Å². The molecule has 136 valence electrons. The number of ether oxygens (including phenoxy) is 3. The Morgan fingerprint density at radius 1 is 0.760 bits per heavy atom. The Morgan fingerprint density at radius 2 is 1.44 bits per heavy atom. The maximum Gasteiger partial charge on any atom is 0.203 e. The highest BCUT2D eigenvalue weighted by Gasteiger charge is 2.22. The van der Waals surface area contributed by atoms with Crippen LogP contribution in [-0.4, -0.2) is 20.3 Å². The third-order valence-electron chi connectivity index (χ3n) is 4.15. The van der Waals surface area contributed by atoms with E-state index in [-0.39, 0.29) is 18.2 Å². The van der Waals surface area contributed by atoms with Crippen LogP contribution in [0.2, 0.25) is 0 Å². The first-order chi connectivity index (χ1) is 12.0. The summed E-state index contributed by atoms with van der Waals surface area (Å²) in [5, 5.41) is 3.64. The lowest BCUT2D eigenvalue weighted by atomic mass is 10.0. The molecule has 0 aliphatic carbocycles. The van der Waals surface area contributed by atoms with Gasteiger partial charge in [0.05, 0.1) is 20.3 Å². The van der Waals surface area contributed by atoms with E-state index >= 15 is 0 Å². The molecule has 1 N–H and O–H groups in total. The fourth-order valence-corrected chi connectivity index (χ4v) is 2.91. The number of rotatable bonds is 8. The summed E-state index contributed by atoms with van der Waals surface area (Å²) in [4.78, 5) is 0. The number of hydrogen-bond acceptors (Lipinski definition) is 4. The van der Waals surface area contributed by atoms with E-state index in [1.54, 1.807) is 14.2 Å². The first-order valence-electron chi connectivity index (χ1n) is 8.70. The van der Waals surface area contributed by atoms with E-state index in [4.69, 9.17) is 14.2 Å². The normalized spacial score (nSPS) is 13.4. The zero-order valence-corrected chi connectivity index (χ0v) is 16.0. The molecule has 4 nitrogen and oxygen atoms in total. The van der Waals surface area contributed by atoms with Crippen LogP contribution in [0.3, 0.4) is 0 Å². The van der Waals surface area contributed by atoms with Crippen molar-refractivity contribution >= 4 is 0 Å². The fraction of sp³-hybridized carbons (Fsp3) is 0.429. The maximum atomic E-state index is 6.07. The molecule has 0 heterocycles. The average molecular weight is 343 g/mol. The largest absolute Gasteiger partial charge is 0.493 e. The topological polar surface area (TPSA) is 39.7 Å². The molecule has 2 aromatic rings. The Hall–Kier alpha value is -2.20. The van der Waals surface area contributed by atoms with Crippen LogP contribution in [-0.2, 0) is 0 Å². The number of benzene rings is 2. The zero-order valence-electron chi connectivity index (χ0n) is 16.0. The Kier molecular flexibility index (Phi) is 6.71. The van der Waals surface area contributed by atoms with Crippen molar-refractivity contribution in [1.82, 2.24) is 5.32 Å². The van der Waals surface area contributed by atoms with Gasteiger partial charge in [0.2, 0.25) is 5.75 Å². The van der Waals surface area contributed by atoms with Crippen LogP contribution in [0.25, 0.3) is 0 Å². The van der Waals surface area contributed by atoms with Crippen molar-refractivity contribution in [3.63, 3.8) is 0 Å². The number of hydrogen-bond donors (Lipinski definition) is 1. The summed E-state index contributed by atoms with van der Waals surface area (Å²) in [6, 6.07) is 14.7. The van der Waals surface area contributed by atoms with Gasteiger partial charge in [-0.1, -0.05) is 30.3 Å². The smallest absolute Gasteiger partial charge is 0.203 e. The highest BCUT2D eigenvalue weighted by molar-refractivity contribution is 5.56. The second kappa shape index (κ2) is 8.77. The van der Waals surface area contributed by atoms with Crippen molar-refractivity contribution in [3.8, 4) is 17.2 Å². The van der Waals surface area contributed by atoms with Gasteiger partial charge in [-0.3, -0.25) is 0 Å². The molecule has 0 aromatic heterocycles. The molecule has 0 fully saturated rings. The monoisotopic (exact) mass is 343 g/mol. The minimum absolute atomic E-state index is 0.0403. The predicted molar refractivity (Wildman–Crippen MR) is 102 cm³/mol. The minimum Gasteiger partial charge on any atom is -0.493 e. The van der Waals surface area contributed by atoms with Crippen molar-refractivity contribution in [2.45, 2.75) is 45.9 Å². The van der Waals surface area contributed by atoms with Crippen molar-refractivity contribution in [2.24, 2.45) is 0 Å². The van der Waals surface area contributed by atoms with Gasteiger partial charge in [0.25, 0.3) is 0 Å². The second-order valence-electron chi connectivity index (χ2n) is 6.41. The van der Waals surface area contributed by atoms with Crippen molar-refractivity contribution in [1.29, 1.82) is 0 Å². The second-order valence-corrected chi connectivity index (χ2v) is 6.41. The number of nitrogens with one attached hydrogen (secondary N) is 1. The van der Waals surface area contributed by atoms with Crippen LogP contribution in [0, 0.1) is 0 Å². The first kappa shape index (κ1) is 19.1. The molecule has 0 radical (unpaired) electrons. The molecular weight excluding hydrogens is 314 g/mol. The maximum absolute atomic E-state index is 6.07. The average Bonchev–Trinajstić information content (AvgIpc) is 2.61. The molecule has 2 aromatic carbocycles. The van der Waals surface area contributed by atoms with Crippen LogP contribution in [0.15, 0.2) is 42.5 Å². The van der Waals surface area contributed by atoms with E-state index in [0.29, 0.717) is 11.5 Å². The molecule has 2 rings (SSSR count). The molecule has 0 bridgehead atoms. The van der Waals surface area contributed by atoms with Gasteiger partial charge in [-0.25, -0.2) is 0 Å². The molecule has 0 saturated carbocycles. The molecule has 2 atom stereocenters. The van der Waals surface area contributed by atoms with E-state index in [9.17, 15) is 0 Å². The summed E-state index contributed by atoms with van der Waals surface area (Å²) in [5.41, 5.74) is 2.30. The summed E-state index contributed by atoms with van der Waals surface area (Å²) in [7, 11) is 3.27. The van der Waals surface area contributed by atoms with Gasteiger partial charge >= 0.3 is 0 Å². The molecule has 0 aliphatic heterocycles. The molecule has 0 unspecified atom stereocenters. The molecule has 0 aliphatic rings. The van der Waals surface area contributed by atoms with E-state index < -0.39 is 0 Å². The van der Waals surface area contributed by atoms with Crippen LogP contribution in [0.4, 0.5) is 0 Å². The molecule has 0 amide bonds. The van der Waals surface area contributed by atoms with Gasteiger partial charge in [-0.05, 0) is 45.4 Å². The molecular formula is C21H29NO3. The van der Waals surface area contributed by atoms with E-state index in [0.717, 1.165) is 11.3 Å². The van der Waals surface area contributed by atoms with Gasteiger partial charge < -0.3 is 19.5 Å². The van der Waals surface area contributed by atoms with Crippen LogP contribution in [0.1, 0.15) is 50.9 Å². The lowest BCUT2D eigenvalue weighted by Crippen LogP contribution is -2.23. The summed E-state index contributed by atoms with van der Waals surface area (Å²) in [6.07, 6.45) is 0.0403. The first-order valence-corrected chi connectivity index (χ1v) is 8.70. The summed E-state index contributed by atoms with van der Waals surface area (Å²) in [6.45, 7) is 8.31. The molecule has 25 heavy (non-hydrogen) atoms. The van der Waals surface area contributed by atoms with Crippen molar-refractivity contribution in [2.75, 3.05) is 14.2 Å². The van der Waals surface area contributed by atoms with Crippen molar-refractivity contribution in [3.05, 3.63) is 53.6 Å². The Balaban J connectivity index is 2.33. The van der Waals surface area contributed by atoms with Gasteiger partial charge in [0.15, 0.2) is 11.5 Å². The third kappa shape index (κ3) is 4.67. The van der Waals surface area contributed by atoms with E-state index in [2.05, 4.69) is 43.4 Å². The van der Waals surface area contributed by atoms with Gasteiger partial charge in [0.1, 0.15) is 0 Å². The van der Waals surface area contributed by atoms with Crippen LogP contribution in [0.5, 0.6) is 17.2 Å². The summed E-state index contributed by atoms with van der Waals surface area (Å²) >= 11 is 0. The van der Waals surface area contributed by atoms with Gasteiger partial charge in [0, 0.05) is 17.6 Å². The summed E-state index contributed by atoms with van der Waals surface area (Å²) < 4.78 is 17.1. The lowest BCUT2D eigenvalue weighted by Gasteiger charge is -2.25. The summed E-state index contributed by atoms with van der Waals surface area (Å²) in [5.74, 6) is 2.04. The third-order valence-corrected chi connectivity index (χ3v) is 4.15. The molecule has 4 heteroatoms. The minimum atomic E-state index is 0.0403. The van der Waals surface area contributed by atoms with E-state index in [1.807, 2.05) is 32.0 Å². The lowest BCUT2D eigenvalue weighted by molar-refractivity contribution is 0.221. The number of methoxy groups -OCH3 is 2. The van der Waals surface area contributed by atoms with Gasteiger partial charge in [-0.2, -0.15) is 0 Å².